The van der Waals surface area contributed by atoms with Crippen molar-refractivity contribution in [3.05, 3.63) is 88.7 Å². The Morgan fingerprint density at radius 3 is 2.51 bits per heavy atom. The summed E-state index contributed by atoms with van der Waals surface area (Å²) in [5, 5.41) is 4.50. The second kappa shape index (κ2) is 11.7. The molecule has 0 aliphatic rings. The Bertz CT molecular complexity index is 1320. The molecule has 0 fully saturated rings. The van der Waals surface area contributed by atoms with Crippen molar-refractivity contribution in [1.29, 1.82) is 0 Å². The van der Waals surface area contributed by atoms with Crippen LogP contribution in [-0.2, 0) is 21.4 Å². The standard InChI is InChI=1S/C24H23ClFN3O5S/c1-33-23-12-18(8-11-22(23)34-16-17-6-9-19(25)10-7-17)14-27-28-24(30)15-29(35(2,31)32)21-5-3-4-20(26)13-21/h3-14H,15-16H2,1-2H3,(H,28,30)/b27-14-. The summed E-state index contributed by atoms with van der Waals surface area (Å²) < 4.78 is 49.7. The van der Waals surface area contributed by atoms with Crippen LogP contribution in [0.5, 0.6) is 11.5 Å². The van der Waals surface area contributed by atoms with E-state index in [4.69, 9.17) is 21.1 Å². The van der Waals surface area contributed by atoms with Gasteiger partial charge >= 0.3 is 0 Å². The molecule has 0 saturated carbocycles. The van der Waals surface area contributed by atoms with Crippen molar-refractivity contribution in [3.63, 3.8) is 0 Å². The minimum Gasteiger partial charge on any atom is -0.493 e. The van der Waals surface area contributed by atoms with Crippen molar-refractivity contribution in [3.8, 4) is 11.5 Å². The predicted octanol–water partition coefficient (Wildman–Crippen LogP) is 3.98. The number of rotatable bonds is 10. The summed E-state index contributed by atoms with van der Waals surface area (Å²) in [4.78, 5) is 12.3. The number of nitrogens with one attached hydrogen (secondary N) is 1. The number of hydrogen-bond donors (Lipinski definition) is 1. The zero-order valence-electron chi connectivity index (χ0n) is 18.9. The van der Waals surface area contributed by atoms with Crippen molar-refractivity contribution in [2.45, 2.75) is 6.61 Å². The van der Waals surface area contributed by atoms with Crippen molar-refractivity contribution in [2.24, 2.45) is 5.10 Å². The fourth-order valence-electron chi connectivity index (χ4n) is 3.00. The molecule has 0 saturated heterocycles. The summed E-state index contributed by atoms with van der Waals surface area (Å²) in [5.41, 5.74) is 3.84. The summed E-state index contributed by atoms with van der Waals surface area (Å²) in [5.74, 6) is -0.346. The van der Waals surface area contributed by atoms with Gasteiger partial charge in [0.2, 0.25) is 10.0 Å². The van der Waals surface area contributed by atoms with Crippen LogP contribution in [0, 0.1) is 5.82 Å². The van der Waals surface area contributed by atoms with Gasteiger partial charge in [0.25, 0.3) is 5.91 Å². The molecule has 0 radical (unpaired) electrons. The molecule has 1 N–H and O–H groups in total. The van der Waals surface area contributed by atoms with E-state index < -0.39 is 28.3 Å². The van der Waals surface area contributed by atoms with Crippen molar-refractivity contribution >= 4 is 39.4 Å². The molecule has 3 rings (SSSR count). The fraction of sp³-hybridized carbons (Fsp3) is 0.167. The maximum absolute atomic E-state index is 13.5. The van der Waals surface area contributed by atoms with Crippen LogP contribution in [0.4, 0.5) is 10.1 Å². The topological polar surface area (TPSA) is 97.3 Å². The molecule has 0 bridgehead atoms. The predicted molar refractivity (Wildman–Crippen MR) is 133 cm³/mol. The van der Waals surface area contributed by atoms with Crippen molar-refractivity contribution in [1.82, 2.24) is 5.43 Å². The lowest BCUT2D eigenvalue weighted by molar-refractivity contribution is -0.119. The summed E-state index contributed by atoms with van der Waals surface area (Å²) >= 11 is 5.89. The van der Waals surface area contributed by atoms with Gasteiger partial charge in [-0.2, -0.15) is 5.10 Å². The normalized spacial score (nSPS) is 11.3. The van der Waals surface area contributed by atoms with E-state index in [1.165, 1.54) is 31.5 Å². The monoisotopic (exact) mass is 519 g/mol. The minimum absolute atomic E-state index is 0.0329. The molecule has 0 aliphatic heterocycles. The van der Waals surface area contributed by atoms with Crippen LogP contribution in [0.25, 0.3) is 0 Å². The number of anilines is 1. The largest absolute Gasteiger partial charge is 0.493 e. The van der Waals surface area contributed by atoms with E-state index in [0.29, 0.717) is 28.7 Å². The molecule has 35 heavy (non-hydrogen) atoms. The van der Waals surface area contributed by atoms with Crippen LogP contribution in [0.15, 0.2) is 71.8 Å². The first-order valence-corrected chi connectivity index (χ1v) is 12.5. The van der Waals surface area contributed by atoms with Crippen LogP contribution in [0.1, 0.15) is 11.1 Å². The van der Waals surface area contributed by atoms with Gasteiger partial charge in [-0.25, -0.2) is 18.2 Å². The number of carbonyl (C=O) groups excluding carboxylic acids is 1. The Kier molecular flexibility index (Phi) is 8.67. The Morgan fingerprint density at radius 2 is 1.86 bits per heavy atom. The van der Waals surface area contributed by atoms with Crippen LogP contribution >= 0.6 is 11.6 Å². The van der Waals surface area contributed by atoms with E-state index in [1.54, 1.807) is 30.3 Å². The lowest BCUT2D eigenvalue weighted by Gasteiger charge is -2.21. The second-order valence-electron chi connectivity index (χ2n) is 7.37. The van der Waals surface area contributed by atoms with E-state index in [9.17, 15) is 17.6 Å². The molecule has 0 atom stereocenters. The average molecular weight is 520 g/mol. The van der Waals surface area contributed by atoms with Gasteiger partial charge in [0.1, 0.15) is 19.0 Å². The number of halogens is 2. The first-order valence-electron chi connectivity index (χ1n) is 10.3. The summed E-state index contributed by atoms with van der Waals surface area (Å²) in [6, 6.07) is 17.3. The third-order valence-corrected chi connectivity index (χ3v) is 6.07. The molecule has 0 aromatic heterocycles. The van der Waals surface area contributed by atoms with Gasteiger partial charge in [-0.1, -0.05) is 29.8 Å². The van der Waals surface area contributed by atoms with E-state index in [1.807, 2.05) is 12.1 Å². The van der Waals surface area contributed by atoms with Gasteiger partial charge < -0.3 is 9.47 Å². The average Bonchev–Trinajstić information content (AvgIpc) is 2.82. The molecule has 1 amide bonds. The van der Waals surface area contributed by atoms with E-state index >= 15 is 0 Å². The molecule has 3 aromatic rings. The summed E-state index contributed by atoms with van der Waals surface area (Å²) in [6.45, 7) is -0.250. The fourth-order valence-corrected chi connectivity index (χ4v) is 3.98. The molecular formula is C24H23ClFN3O5S. The molecule has 0 unspecified atom stereocenters. The third kappa shape index (κ3) is 7.69. The first-order chi connectivity index (χ1) is 16.7. The number of nitrogens with zero attached hydrogens (tertiary/aromatic N) is 2. The van der Waals surface area contributed by atoms with E-state index in [-0.39, 0.29) is 5.69 Å². The first kappa shape index (κ1) is 26.0. The smallest absolute Gasteiger partial charge is 0.260 e. The van der Waals surface area contributed by atoms with E-state index in [0.717, 1.165) is 22.2 Å². The summed E-state index contributed by atoms with van der Waals surface area (Å²) in [6.07, 6.45) is 2.30. The maximum atomic E-state index is 13.5. The highest BCUT2D eigenvalue weighted by atomic mass is 35.5. The zero-order chi connectivity index (χ0) is 25.4. The third-order valence-electron chi connectivity index (χ3n) is 4.68. The number of ether oxygens (including phenoxy) is 2. The van der Waals surface area contributed by atoms with Gasteiger partial charge in [-0.15, -0.1) is 0 Å². The number of methoxy groups -OCH3 is 1. The van der Waals surface area contributed by atoms with Gasteiger partial charge in [0.15, 0.2) is 11.5 Å². The summed E-state index contributed by atoms with van der Waals surface area (Å²) in [7, 11) is -2.33. The van der Waals surface area contributed by atoms with Gasteiger partial charge in [0.05, 0.1) is 25.3 Å². The number of hydrogen-bond acceptors (Lipinski definition) is 6. The molecule has 11 heteroatoms. The lowest BCUT2D eigenvalue weighted by atomic mass is 10.2. The molecule has 8 nitrogen and oxygen atoms in total. The Balaban J connectivity index is 1.62. The molecule has 0 aliphatic carbocycles. The van der Waals surface area contributed by atoms with Crippen LogP contribution in [-0.4, -0.2) is 40.4 Å². The number of benzene rings is 3. The highest BCUT2D eigenvalue weighted by Crippen LogP contribution is 2.28. The highest BCUT2D eigenvalue weighted by Gasteiger charge is 2.21. The number of hydrazone groups is 1. The maximum Gasteiger partial charge on any atom is 0.260 e. The Hall–Kier alpha value is -3.63. The minimum atomic E-state index is -3.83. The highest BCUT2D eigenvalue weighted by molar-refractivity contribution is 7.92. The molecule has 3 aromatic carbocycles. The second-order valence-corrected chi connectivity index (χ2v) is 9.71. The van der Waals surface area contributed by atoms with Crippen LogP contribution in [0.3, 0.4) is 0 Å². The Morgan fingerprint density at radius 1 is 1.11 bits per heavy atom. The van der Waals surface area contributed by atoms with Crippen molar-refractivity contribution < 1.29 is 27.1 Å². The number of sulfonamides is 1. The molecule has 0 heterocycles. The van der Waals surface area contributed by atoms with Gasteiger partial charge in [-0.3, -0.25) is 9.10 Å². The zero-order valence-corrected chi connectivity index (χ0v) is 20.5. The molecular weight excluding hydrogens is 497 g/mol. The number of carbonyl (C=O) groups is 1. The van der Waals surface area contributed by atoms with Crippen LogP contribution < -0.4 is 19.2 Å². The lowest BCUT2D eigenvalue weighted by Crippen LogP contribution is -2.39. The molecule has 184 valence electrons. The SMILES string of the molecule is COc1cc(/C=N\NC(=O)CN(c2cccc(F)c2)S(C)(=O)=O)ccc1OCc1ccc(Cl)cc1. The Labute approximate surface area is 208 Å². The van der Waals surface area contributed by atoms with Gasteiger partial charge in [-0.05, 0) is 59.7 Å². The van der Waals surface area contributed by atoms with Crippen LogP contribution in [0.2, 0.25) is 5.02 Å². The quantitative estimate of drug-likeness (QED) is 0.323. The van der Waals surface area contributed by atoms with Gasteiger partial charge in [0, 0.05) is 5.02 Å². The number of amides is 1. The van der Waals surface area contributed by atoms with Crippen molar-refractivity contribution in [2.75, 3.05) is 24.2 Å². The van der Waals surface area contributed by atoms with E-state index in [2.05, 4.69) is 10.5 Å². The molecule has 0 spiro atoms.